The molecule has 4 rings (SSSR count). The summed E-state index contributed by atoms with van der Waals surface area (Å²) in [5.41, 5.74) is 5.82. The van der Waals surface area contributed by atoms with Gasteiger partial charge < -0.3 is 20.9 Å². The minimum Gasteiger partial charge on any atom is -0.378 e. The molecule has 214 valence electrons. The fraction of sp³-hybridized carbons (Fsp3) is 0.147. The summed E-state index contributed by atoms with van der Waals surface area (Å²) in [7, 11) is 3.90. The van der Waals surface area contributed by atoms with Crippen molar-refractivity contribution in [3.05, 3.63) is 125 Å². The largest absolute Gasteiger partial charge is 0.378 e. The molecule has 0 aliphatic rings. The van der Waals surface area contributed by atoms with Gasteiger partial charge in [-0.15, -0.1) is 11.8 Å². The maximum Gasteiger partial charge on any atom is 0.272 e. The number of hydrogen-bond donors (Lipinski definition) is 3. The molecule has 0 saturated carbocycles. The van der Waals surface area contributed by atoms with E-state index < -0.39 is 5.91 Å². The van der Waals surface area contributed by atoms with E-state index in [1.165, 1.54) is 11.8 Å². The molecule has 0 aromatic heterocycles. The molecule has 0 spiro atoms. The second kappa shape index (κ2) is 14.2. The normalized spacial score (nSPS) is 11.0. The van der Waals surface area contributed by atoms with Gasteiger partial charge in [-0.3, -0.25) is 14.4 Å². The number of thioether (sulfide) groups is 1. The second-order valence-corrected chi connectivity index (χ2v) is 11.0. The van der Waals surface area contributed by atoms with Crippen LogP contribution in [0, 0.1) is 13.8 Å². The van der Waals surface area contributed by atoms with Crippen LogP contribution >= 0.6 is 11.8 Å². The lowest BCUT2D eigenvalue weighted by molar-refractivity contribution is -0.114. The number of hydrogen-bond acceptors (Lipinski definition) is 5. The molecule has 0 aliphatic carbocycles. The first kappa shape index (κ1) is 30.1. The summed E-state index contributed by atoms with van der Waals surface area (Å²) < 4.78 is 0. The molecule has 0 radical (unpaired) electrons. The van der Waals surface area contributed by atoms with Crippen LogP contribution in [0.1, 0.15) is 27.0 Å². The number of benzene rings is 4. The summed E-state index contributed by atoms with van der Waals surface area (Å²) in [6.07, 6.45) is 1.64. The first-order valence-electron chi connectivity index (χ1n) is 13.5. The molecule has 3 amide bonds. The number of carbonyl (C=O) groups is 3. The van der Waals surface area contributed by atoms with Gasteiger partial charge >= 0.3 is 0 Å². The Balaban J connectivity index is 1.47. The van der Waals surface area contributed by atoms with Gasteiger partial charge in [0.25, 0.3) is 11.8 Å². The van der Waals surface area contributed by atoms with E-state index in [1.807, 2.05) is 93.5 Å². The van der Waals surface area contributed by atoms with Gasteiger partial charge in [0.15, 0.2) is 0 Å². The van der Waals surface area contributed by atoms with Gasteiger partial charge in [-0.1, -0.05) is 48.5 Å². The molecule has 0 fully saturated rings. The third-order valence-corrected chi connectivity index (χ3v) is 7.58. The maximum absolute atomic E-state index is 13.4. The Bertz CT molecular complexity index is 1600. The molecule has 0 saturated heterocycles. The van der Waals surface area contributed by atoms with Crippen molar-refractivity contribution in [1.29, 1.82) is 0 Å². The van der Waals surface area contributed by atoms with Gasteiger partial charge in [-0.05, 0) is 85.1 Å². The molecule has 0 atom stereocenters. The molecule has 0 bridgehead atoms. The topological polar surface area (TPSA) is 90.5 Å². The van der Waals surface area contributed by atoms with Crippen LogP contribution in [-0.4, -0.2) is 37.6 Å². The van der Waals surface area contributed by atoms with Crippen molar-refractivity contribution < 1.29 is 14.4 Å². The number of aryl methyl sites for hydroxylation is 1. The Morgan fingerprint density at radius 1 is 0.810 bits per heavy atom. The molecule has 7 nitrogen and oxygen atoms in total. The standard InChI is InChI=1S/C34H34N4O3S/c1-23-10-8-15-30(24(23)2)36-32(39)22-42-29-14-9-13-27(21-29)35-34(41)31(37-33(40)26-11-6-5-7-12-26)20-25-16-18-28(19-17-25)38(3)4/h5-21H,22H2,1-4H3,(H,35,41)(H,36,39)(H,37,40)/b31-20+. The van der Waals surface area contributed by atoms with E-state index in [0.717, 1.165) is 33.0 Å². The van der Waals surface area contributed by atoms with Gasteiger partial charge in [0.05, 0.1) is 5.75 Å². The molecule has 0 heterocycles. The summed E-state index contributed by atoms with van der Waals surface area (Å²) in [4.78, 5) is 41.8. The predicted molar refractivity (Wildman–Crippen MR) is 173 cm³/mol. The lowest BCUT2D eigenvalue weighted by Crippen LogP contribution is -2.30. The second-order valence-electron chi connectivity index (χ2n) is 9.93. The van der Waals surface area contributed by atoms with Crippen LogP contribution in [-0.2, 0) is 9.59 Å². The highest BCUT2D eigenvalue weighted by Gasteiger charge is 2.16. The van der Waals surface area contributed by atoms with Crippen molar-refractivity contribution in [1.82, 2.24) is 5.32 Å². The molecular formula is C34H34N4O3S. The average molecular weight is 579 g/mol. The van der Waals surface area contributed by atoms with Crippen molar-refractivity contribution in [2.75, 3.05) is 35.4 Å². The summed E-state index contributed by atoms with van der Waals surface area (Å²) in [6, 6.07) is 29.5. The van der Waals surface area contributed by atoms with Gasteiger partial charge in [-0.25, -0.2) is 0 Å². The number of anilines is 3. The zero-order valence-electron chi connectivity index (χ0n) is 24.1. The third-order valence-electron chi connectivity index (χ3n) is 6.59. The van der Waals surface area contributed by atoms with Crippen molar-refractivity contribution in [3.63, 3.8) is 0 Å². The number of nitrogens with one attached hydrogen (secondary N) is 3. The highest BCUT2D eigenvalue weighted by Crippen LogP contribution is 2.24. The van der Waals surface area contributed by atoms with E-state index >= 15 is 0 Å². The van der Waals surface area contributed by atoms with E-state index in [9.17, 15) is 14.4 Å². The summed E-state index contributed by atoms with van der Waals surface area (Å²) in [6.45, 7) is 3.99. The number of carbonyl (C=O) groups excluding carboxylic acids is 3. The van der Waals surface area contributed by atoms with E-state index in [2.05, 4.69) is 16.0 Å². The molecule has 3 N–H and O–H groups in total. The molecule has 8 heteroatoms. The number of nitrogens with zero attached hydrogens (tertiary/aromatic N) is 1. The lowest BCUT2D eigenvalue weighted by Gasteiger charge is -2.14. The molecular weight excluding hydrogens is 544 g/mol. The summed E-state index contributed by atoms with van der Waals surface area (Å²) in [5, 5.41) is 8.62. The van der Waals surface area contributed by atoms with E-state index in [4.69, 9.17) is 0 Å². The Kier molecular flexibility index (Phi) is 10.2. The van der Waals surface area contributed by atoms with Crippen LogP contribution in [0.3, 0.4) is 0 Å². The maximum atomic E-state index is 13.4. The van der Waals surface area contributed by atoms with Gasteiger partial charge in [0, 0.05) is 41.6 Å². The number of amides is 3. The zero-order chi connectivity index (χ0) is 30.1. The van der Waals surface area contributed by atoms with E-state index in [1.54, 1.807) is 42.5 Å². The van der Waals surface area contributed by atoms with E-state index in [0.29, 0.717) is 11.3 Å². The van der Waals surface area contributed by atoms with Gasteiger partial charge in [0.1, 0.15) is 5.70 Å². The Morgan fingerprint density at radius 2 is 1.52 bits per heavy atom. The van der Waals surface area contributed by atoms with Crippen molar-refractivity contribution >= 4 is 52.6 Å². The van der Waals surface area contributed by atoms with Crippen molar-refractivity contribution in [2.45, 2.75) is 18.7 Å². The fourth-order valence-electron chi connectivity index (χ4n) is 4.06. The zero-order valence-corrected chi connectivity index (χ0v) is 24.9. The van der Waals surface area contributed by atoms with Gasteiger partial charge in [0.2, 0.25) is 5.91 Å². The van der Waals surface area contributed by atoms with Crippen LogP contribution in [0.2, 0.25) is 0 Å². The summed E-state index contributed by atoms with van der Waals surface area (Å²) in [5.74, 6) is -0.754. The Morgan fingerprint density at radius 3 is 2.24 bits per heavy atom. The quantitative estimate of drug-likeness (QED) is 0.147. The highest BCUT2D eigenvalue weighted by molar-refractivity contribution is 8.00. The fourth-order valence-corrected chi connectivity index (χ4v) is 4.82. The smallest absolute Gasteiger partial charge is 0.272 e. The van der Waals surface area contributed by atoms with Crippen molar-refractivity contribution in [3.8, 4) is 0 Å². The van der Waals surface area contributed by atoms with Crippen LogP contribution in [0.4, 0.5) is 17.1 Å². The third kappa shape index (κ3) is 8.34. The van der Waals surface area contributed by atoms with Crippen LogP contribution in [0.5, 0.6) is 0 Å². The monoisotopic (exact) mass is 578 g/mol. The highest BCUT2D eigenvalue weighted by atomic mass is 32.2. The lowest BCUT2D eigenvalue weighted by atomic mass is 10.1. The molecule has 42 heavy (non-hydrogen) atoms. The van der Waals surface area contributed by atoms with Crippen LogP contribution in [0.25, 0.3) is 6.08 Å². The molecule has 0 unspecified atom stereocenters. The first-order chi connectivity index (χ1) is 20.2. The Hall–Kier alpha value is -4.82. The molecule has 4 aromatic carbocycles. The minimum atomic E-state index is -0.467. The predicted octanol–water partition coefficient (Wildman–Crippen LogP) is 6.51. The van der Waals surface area contributed by atoms with Crippen LogP contribution in [0.15, 0.2) is 108 Å². The van der Waals surface area contributed by atoms with E-state index in [-0.39, 0.29) is 23.3 Å². The SMILES string of the molecule is Cc1cccc(NC(=O)CSc2cccc(NC(=O)/C(=C\c3ccc(N(C)C)cc3)NC(=O)c3ccccc3)c2)c1C. The molecule has 4 aromatic rings. The minimum absolute atomic E-state index is 0.104. The van der Waals surface area contributed by atoms with Gasteiger partial charge in [-0.2, -0.15) is 0 Å². The number of rotatable bonds is 10. The molecule has 0 aliphatic heterocycles. The Labute approximate surface area is 251 Å². The first-order valence-corrected chi connectivity index (χ1v) is 14.4. The van der Waals surface area contributed by atoms with Crippen LogP contribution < -0.4 is 20.9 Å². The average Bonchev–Trinajstić information content (AvgIpc) is 2.99. The van der Waals surface area contributed by atoms with Crippen molar-refractivity contribution in [2.24, 2.45) is 0 Å². The summed E-state index contributed by atoms with van der Waals surface area (Å²) >= 11 is 1.37.